The lowest BCUT2D eigenvalue weighted by atomic mass is 10.1. The van der Waals surface area contributed by atoms with E-state index in [0.29, 0.717) is 3.57 Å². The van der Waals surface area contributed by atoms with Crippen LogP contribution in [0.25, 0.3) is 0 Å². The molecule has 1 atom stereocenters. The van der Waals surface area contributed by atoms with Gasteiger partial charge in [0.15, 0.2) is 5.78 Å². The van der Waals surface area contributed by atoms with Crippen molar-refractivity contribution in [3.05, 3.63) is 37.4 Å². The zero-order valence-corrected chi connectivity index (χ0v) is 11.5. The number of halogens is 1. The summed E-state index contributed by atoms with van der Waals surface area (Å²) in [6.07, 6.45) is 0. The van der Waals surface area contributed by atoms with Gasteiger partial charge >= 0.3 is 6.03 Å². The summed E-state index contributed by atoms with van der Waals surface area (Å²) in [5.74, 6) is -0.437. The number of carbonyl (C=O) groups excluding carboxylic acids is 2. The van der Waals surface area contributed by atoms with Gasteiger partial charge in [-0.2, -0.15) is 0 Å². The monoisotopic (exact) mass is 363 g/mol. The summed E-state index contributed by atoms with van der Waals surface area (Å²) in [7, 11) is 0. The van der Waals surface area contributed by atoms with E-state index in [1.54, 1.807) is 0 Å². The molecule has 1 aromatic rings. The summed E-state index contributed by atoms with van der Waals surface area (Å²) in [6, 6.07) is 2.47. The van der Waals surface area contributed by atoms with Crippen LogP contribution in [0.4, 0.5) is 10.5 Å². The summed E-state index contributed by atoms with van der Waals surface area (Å²) in [4.78, 5) is 32.7. The fraction of sp³-hybridized carbons (Fsp3) is 0.200. The van der Waals surface area contributed by atoms with Crippen molar-refractivity contribution in [1.29, 1.82) is 0 Å². The largest absolute Gasteiger partial charge is 0.352 e. The number of nitro groups is 1. The maximum atomic E-state index is 11.9. The Hall–Kier alpha value is -1.71. The second kappa shape index (κ2) is 5.76. The quantitative estimate of drug-likeness (QED) is 0.364. The lowest BCUT2D eigenvalue weighted by molar-refractivity contribution is -0.385. The zero-order valence-electron chi connectivity index (χ0n) is 9.34. The van der Waals surface area contributed by atoms with Crippen molar-refractivity contribution in [2.75, 3.05) is 0 Å². The van der Waals surface area contributed by atoms with Gasteiger partial charge < -0.3 is 11.1 Å². The number of nitrogens with two attached hydrogens (primary N) is 1. The molecule has 0 bridgehead atoms. The first-order valence-corrected chi connectivity index (χ1v) is 5.95. The predicted octanol–water partition coefficient (Wildman–Crippen LogP) is 1.44. The normalized spacial score (nSPS) is 11.7. The molecule has 0 saturated heterocycles. The first-order valence-electron chi connectivity index (χ1n) is 4.87. The van der Waals surface area contributed by atoms with Gasteiger partial charge in [-0.25, -0.2) is 4.79 Å². The Bertz CT molecular complexity index is 518. The Kier molecular flexibility index (Phi) is 4.59. The SMILES string of the molecule is CC(NC(N)=O)C(=O)c1ccc(I)c([N+](=O)[O-])c1. The van der Waals surface area contributed by atoms with Crippen molar-refractivity contribution < 1.29 is 14.5 Å². The molecule has 0 aliphatic heterocycles. The van der Waals surface area contributed by atoms with E-state index in [4.69, 9.17) is 5.73 Å². The molecular formula is C10H10IN3O4. The van der Waals surface area contributed by atoms with Crippen molar-refractivity contribution in [1.82, 2.24) is 5.32 Å². The van der Waals surface area contributed by atoms with Crippen molar-refractivity contribution in [2.45, 2.75) is 13.0 Å². The third-order valence-corrected chi connectivity index (χ3v) is 3.09. The molecule has 18 heavy (non-hydrogen) atoms. The summed E-state index contributed by atoms with van der Waals surface area (Å²) in [6.45, 7) is 1.46. The molecular weight excluding hydrogens is 353 g/mol. The van der Waals surface area contributed by atoms with Crippen molar-refractivity contribution in [3.63, 3.8) is 0 Å². The van der Waals surface area contributed by atoms with Crippen molar-refractivity contribution >= 4 is 40.1 Å². The minimum Gasteiger partial charge on any atom is -0.352 e. The number of primary amides is 1. The van der Waals surface area contributed by atoms with Crippen LogP contribution < -0.4 is 11.1 Å². The van der Waals surface area contributed by atoms with Gasteiger partial charge in [0.05, 0.1) is 14.5 Å². The Labute approximate surface area is 116 Å². The summed E-state index contributed by atoms with van der Waals surface area (Å²) in [5, 5.41) is 13.0. The molecule has 0 aliphatic carbocycles. The van der Waals surface area contributed by atoms with Crippen LogP contribution in [-0.4, -0.2) is 22.8 Å². The summed E-state index contributed by atoms with van der Waals surface area (Å²) < 4.78 is 0.435. The lowest BCUT2D eigenvalue weighted by Crippen LogP contribution is -2.41. The van der Waals surface area contributed by atoms with Crippen LogP contribution >= 0.6 is 22.6 Å². The maximum absolute atomic E-state index is 11.9. The molecule has 3 N–H and O–H groups in total. The molecule has 0 radical (unpaired) electrons. The van der Waals surface area contributed by atoms with Crippen molar-refractivity contribution in [2.24, 2.45) is 5.73 Å². The second-order valence-electron chi connectivity index (χ2n) is 3.52. The highest BCUT2D eigenvalue weighted by atomic mass is 127. The molecule has 1 unspecified atom stereocenters. The molecule has 0 aromatic heterocycles. The number of Topliss-reactive ketones (excluding diaryl/α,β-unsaturated/α-hetero) is 1. The Balaban J connectivity index is 3.03. The van der Waals surface area contributed by atoms with Crippen LogP contribution in [0.3, 0.4) is 0 Å². The predicted molar refractivity (Wildman–Crippen MR) is 72.3 cm³/mol. The number of carbonyl (C=O) groups is 2. The van der Waals surface area contributed by atoms with Crippen LogP contribution in [0.1, 0.15) is 17.3 Å². The van der Waals surface area contributed by atoms with Gasteiger partial charge in [0.2, 0.25) is 0 Å². The minimum atomic E-state index is -0.831. The fourth-order valence-electron chi connectivity index (χ4n) is 1.33. The third kappa shape index (κ3) is 3.39. The van der Waals surface area contributed by atoms with E-state index >= 15 is 0 Å². The van der Waals surface area contributed by atoms with Gasteiger partial charge in [-0.3, -0.25) is 14.9 Å². The Morgan fingerprint density at radius 3 is 2.61 bits per heavy atom. The molecule has 7 nitrogen and oxygen atoms in total. The number of benzene rings is 1. The number of urea groups is 1. The molecule has 8 heteroatoms. The molecule has 2 amide bonds. The van der Waals surface area contributed by atoms with Crippen LogP contribution in [0.2, 0.25) is 0 Å². The van der Waals surface area contributed by atoms with E-state index < -0.39 is 22.8 Å². The van der Waals surface area contributed by atoms with Gasteiger partial charge in [-0.1, -0.05) is 0 Å². The highest BCUT2D eigenvalue weighted by Crippen LogP contribution is 2.22. The Morgan fingerprint density at radius 1 is 1.50 bits per heavy atom. The van der Waals surface area contributed by atoms with E-state index in [9.17, 15) is 19.7 Å². The highest BCUT2D eigenvalue weighted by molar-refractivity contribution is 14.1. The summed E-state index contributed by atoms with van der Waals surface area (Å²) in [5.41, 5.74) is 4.91. The van der Waals surface area contributed by atoms with Crippen molar-refractivity contribution in [3.8, 4) is 0 Å². The van der Waals surface area contributed by atoms with Gasteiger partial charge in [0, 0.05) is 11.6 Å². The topological polar surface area (TPSA) is 115 Å². The van der Waals surface area contributed by atoms with Gasteiger partial charge in [0.1, 0.15) is 0 Å². The first-order chi connectivity index (χ1) is 8.32. The molecule has 0 spiro atoms. The number of nitrogens with one attached hydrogen (secondary N) is 1. The maximum Gasteiger partial charge on any atom is 0.312 e. The van der Waals surface area contributed by atoms with E-state index in [0.717, 1.165) is 0 Å². The van der Waals surface area contributed by atoms with E-state index in [2.05, 4.69) is 5.32 Å². The number of rotatable bonds is 4. The van der Waals surface area contributed by atoms with Gasteiger partial charge in [-0.15, -0.1) is 0 Å². The summed E-state index contributed by atoms with van der Waals surface area (Å²) >= 11 is 1.81. The number of ketones is 1. The standard InChI is InChI=1S/C10H10IN3O4/c1-5(13-10(12)16)9(15)6-2-3-7(11)8(4-6)14(17)18/h2-5H,1H3,(H3,12,13,16). The van der Waals surface area contributed by atoms with Crippen LogP contribution in [-0.2, 0) is 0 Å². The Morgan fingerprint density at radius 2 is 2.11 bits per heavy atom. The number of nitrogens with zero attached hydrogens (tertiary/aromatic N) is 1. The second-order valence-corrected chi connectivity index (χ2v) is 4.68. The third-order valence-electron chi connectivity index (χ3n) is 2.18. The molecule has 0 saturated carbocycles. The van der Waals surface area contributed by atoms with Gasteiger partial charge in [-0.05, 0) is 41.6 Å². The molecule has 96 valence electrons. The molecule has 1 rings (SSSR count). The fourth-order valence-corrected chi connectivity index (χ4v) is 1.87. The van der Waals surface area contributed by atoms with Crippen LogP contribution in [0, 0.1) is 13.7 Å². The highest BCUT2D eigenvalue weighted by Gasteiger charge is 2.20. The average Bonchev–Trinajstić information content (AvgIpc) is 2.27. The van der Waals surface area contributed by atoms with E-state index in [1.807, 2.05) is 22.6 Å². The van der Waals surface area contributed by atoms with E-state index in [1.165, 1.54) is 25.1 Å². The molecule has 1 aromatic carbocycles. The zero-order chi connectivity index (χ0) is 13.9. The molecule has 0 fully saturated rings. The van der Waals surface area contributed by atoms with Crippen LogP contribution in [0.15, 0.2) is 18.2 Å². The average molecular weight is 363 g/mol. The minimum absolute atomic E-state index is 0.146. The lowest BCUT2D eigenvalue weighted by Gasteiger charge is -2.10. The van der Waals surface area contributed by atoms with Crippen LogP contribution in [0.5, 0.6) is 0 Å². The number of amides is 2. The number of nitro benzene ring substituents is 1. The van der Waals surface area contributed by atoms with Gasteiger partial charge in [0.25, 0.3) is 5.69 Å². The van der Waals surface area contributed by atoms with E-state index in [-0.39, 0.29) is 11.3 Å². The number of hydrogen-bond donors (Lipinski definition) is 2. The molecule has 0 heterocycles. The number of hydrogen-bond acceptors (Lipinski definition) is 4. The smallest absolute Gasteiger partial charge is 0.312 e. The molecule has 0 aliphatic rings. The first kappa shape index (κ1) is 14.4.